The first-order chi connectivity index (χ1) is 9.19. The molecule has 5 heteroatoms. The van der Waals surface area contributed by atoms with E-state index in [4.69, 9.17) is 13.3 Å². The number of rotatable bonds is 9. The predicted molar refractivity (Wildman–Crippen MR) is 80.3 cm³/mol. The quantitative estimate of drug-likeness (QED) is 0.707. The first-order valence-corrected chi connectivity index (χ1v) is 8.60. The molecule has 1 aromatic rings. The fraction of sp³-hybridized carbons (Fsp3) is 0.571. The van der Waals surface area contributed by atoms with Gasteiger partial charge in [0.05, 0.1) is 0 Å². The molecule has 1 aromatic carbocycles. The molecule has 0 radical (unpaired) electrons. The van der Waals surface area contributed by atoms with E-state index in [1.165, 1.54) is 0 Å². The first-order valence-electron chi connectivity index (χ1n) is 6.66. The highest BCUT2D eigenvalue weighted by Gasteiger charge is 2.37. The van der Waals surface area contributed by atoms with Crippen LogP contribution in [0.2, 0.25) is 6.04 Å². The summed E-state index contributed by atoms with van der Waals surface area (Å²) < 4.78 is 16.3. The molecule has 0 heterocycles. The van der Waals surface area contributed by atoms with Gasteiger partial charge in [-0.05, 0) is 25.0 Å². The Kier molecular flexibility index (Phi) is 7.08. The van der Waals surface area contributed by atoms with Crippen LogP contribution in [-0.2, 0) is 13.3 Å². The maximum absolute atomic E-state index is 5.45. The van der Waals surface area contributed by atoms with Crippen molar-refractivity contribution in [3.8, 4) is 0 Å². The molecule has 0 fully saturated rings. The van der Waals surface area contributed by atoms with Crippen LogP contribution < -0.4 is 5.32 Å². The van der Waals surface area contributed by atoms with Gasteiger partial charge in [0.1, 0.15) is 0 Å². The minimum absolute atomic E-state index is 0.398. The number of para-hydroxylation sites is 1. The van der Waals surface area contributed by atoms with E-state index in [2.05, 4.69) is 24.4 Å². The summed E-state index contributed by atoms with van der Waals surface area (Å²) in [6, 6.07) is 11.5. The Morgan fingerprint density at radius 3 is 2.11 bits per heavy atom. The van der Waals surface area contributed by atoms with Crippen molar-refractivity contribution in [1.29, 1.82) is 0 Å². The zero-order valence-corrected chi connectivity index (χ0v) is 13.3. The molecule has 4 nitrogen and oxygen atoms in total. The minimum atomic E-state index is -2.45. The average Bonchev–Trinajstić information content (AvgIpc) is 2.49. The van der Waals surface area contributed by atoms with Gasteiger partial charge in [0.15, 0.2) is 0 Å². The van der Waals surface area contributed by atoms with Crippen molar-refractivity contribution >= 4 is 14.5 Å². The third-order valence-electron chi connectivity index (χ3n) is 3.37. The van der Waals surface area contributed by atoms with E-state index in [9.17, 15) is 0 Å². The summed E-state index contributed by atoms with van der Waals surface area (Å²) in [5, 5.41) is 3.53. The molecule has 0 aliphatic heterocycles. The van der Waals surface area contributed by atoms with Crippen molar-refractivity contribution in [3.05, 3.63) is 30.3 Å². The van der Waals surface area contributed by atoms with Gasteiger partial charge in [-0.15, -0.1) is 0 Å². The second-order valence-electron chi connectivity index (χ2n) is 4.45. The largest absolute Gasteiger partial charge is 0.500 e. The van der Waals surface area contributed by atoms with Crippen LogP contribution in [0.5, 0.6) is 0 Å². The average molecular weight is 283 g/mol. The number of hydrogen-bond acceptors (Lipinski definition) is 4. The summed E-state index contributed by atoms with van der Waals surface area (Å²) in [5.41, 5.74) is 1.15. The van der Waals surface area contributed by atoms with Crippen LogP contribution in [-0.4, -0.2) is 36.2 Å². The molecule has 0 saturated carbocycles. The highest BCUT2D eigenvalue weighted by molar-refractivity contribution is 6.60. The molecule has 19 heavy (non-hydrogen) atoms. The van der Waals surface area contributed by atoms with E-state index < -0.39 is 8.80 Å². The van der Waals surface area contributed by atoms with Crippen LogP contribution in [0.25, 0.3) is 0 Å². The fourth-order valence-corrected chi connectivity index (χ4v) is 3.87. The van der Waals surface area contributed by atoms with Gasteiger partial charge < -0.3 is 18.6 Å². The smallest absolute Gasteiger partial charge is 0.382 e. The van der Waals surface area contributed by atoms with E-state index >= 15 is 0 Å². The third-order valence-corrected chi connectivity index (χ3v) is 6.14. The Bertz CT molecular complexity index is 336. The molecule has 1 atom stereocenters. The van der Waals surface area contributed by atoms with E-state index in [0.29, 0.717) is 6.04 Å². The molecule has 0 amide bonds. The first kappa shape index (κ1) is 16.2. The predicted octanol–water partition coefficient (Wildman–Crippen LogP) is 3.15. The van der Waals surface area contributed by atoms with Crippen LogP contribution in [0.15, 0.2) is 30.3 Å². The van der Waals surface area contributed by atoms with Gasteiger partial charge in [-0.3, -0.25) is 0 Å². The van der Waals surface area contributed by atoms with Crippen LogP contribution in [0.1, 0.15) is 19.8 Å². The lowest BCUT2D eigenvalue weighted by molar-refractivity contribution is 0.122. The molecule has 1 unspecified atom stereocenters. The lowest BCUT2D eigenvalue weighted by atomic mass is 10.1. The Morgan fingerprint density at radius 2 is 1.63 bits per heavy atom. The van der Waals surface area contributed by atoms with E-state index in [-0.39, 0.29) is 0 Å². The van der Waals surface area contributed by atoms with Crippen LogP contribution in [0.4, 0.5) is 5.69 Å². The van der Waals surface area contributed by atoms with Gasteiger partial charge in [0.2, 0.25) is 0 Å². The van der Waals surface area contributed by atoms with E-state index in [1.54, 1.807) is 21.3 Å². The normalized spacial score (nSPS) is 13.3. The summed E-state index contributed by atoms with van der Waals surface area (Å²) in [4.78, 5) is 0. The van der Waals surface area contributed by atoms with Crippen LogP contribution >= 0.6 is 0 Å². The zero-order valence-electron chi connectivity index (χ0n) is 12.3. The Balaban J connectivity index is 2.53. The summed E-state index contributed by atoms with van der Waals surface area (Å²) >= 11 is 0. The minimum Gasteiger partial charge on any atom is -0.382 e. The van der Waals surface area contributed by atoms with Crippen LogP contribution in [0.3, 0.4) is 0 Å². The maximum atomic E-state index is 5.45. The molecule has 1 rings (SSSR count). The summed E-state index contributed by atoms with van der Waals surface area (Å²) in [5.74, 6) is 0. The number of benzene rings is 1. The second-order valence-corrected chi connectivity index (χ2v) is 7.54. The van der Waals surface area contributed by atoms with Crippen molar-refractivity contribution in [2.45, 2.75) is 31.9 Å². The van der Waals surface area contributed by atoms with E-state index in [0.717, 1.165) is 24.6 Å². The third kappa shape index (κ3) is 4.95. The molecule has 0 aliphatic carbocycles. The van der Waals surface area contributed by atoms with Gasteiger partial charge in [-0.2, -0.15) is 0 Å². The highest BCUT2D eigenvalue weighted by Crippen LogP contribution is 2.19. The van der Waals surface area contributed by atoms with E-state index in [1.807, 2.05) is 18.2 Å². The Morgan fingerprint density at radius 1 is 1.05 bits per heavy atom. The number of nitrogens with one attached hydrogen (secondary N) is 1. The van der Waals surface area contributed by atoms with Crippen molar-refractivity contribution in [2.75, 3.05) is 26.6 Å². The highest BCUT2D eigenvalue weighted by atomic mass is 28.4. The zero-order chi connectivity index (χ0) is 14.1. The topological polar surface area (TPSA) is 39.7 Å². The van der Waals surface area contributed by atoms with Gasteiger partial charge in [-0.1, -0.05) is 25.1 Å². The molecular weight excluding hydrogens is 258 g/mol. The fourth-order valence-electron chi connectivity index (χ4n) is 2.06. The number of anilines is 1. The molecule has 108 valence electrons. The van der Waals surface area contributed by atoms with Crippen molar-refractivity contribution in [1.82, 2.24) is 0 Å². The van der Waals surface area contributed by atoms with Crippen molar-refractivity contribution < 1.29 is 13.3 Å². The standard InChI is InChI=1S/C14H25NO3Si/c1-5-13(15-14-9-7-6-8-10-14)11-12-19(16-2,17-3)18-4/h6-10,13,15H,5,11-12H2,1-4H3. The summed E-state index contributed by atoms with van der Waals surface area (Å²) in [6.45, 7) is 2.18. The van der Waals surface area contributed by atoms with Gasteiger partial charge in [-0.25, -0.2) is 0 Å². The van der Waals surface area contributed by atoms with Crippen molar-refractivity contribution in [2.24, 2.45) is 0 Å². The molecule has 0 aromatic heterocycles. The van der Waals surface area contributed by atoms with Gasteiger partial charge >= 0.3 is 8.80 Å². The lowest BCUT2D eigenvalue weighted by Crippen LogP contribution is -2.43. The Labute approximate surface area is 117 Å². The second kappa shape index (κ2) is 8.32. The number of hydrogen-bond donors (Lipinski definition) is 1. The van der Waals surface area contributed by atoms with Gasteiger partial charge in [0.25, 0.3) is 0 Å². The Hall–Kier alpha value is -0.883. The van der Waals surface area contributed by atoms with Gasteiger partial charge in [0, 0.05) is 39.1 Å². The maximum Gasteiger partial charge on any atom is 0.500 e. The SMILES string of the molecule is CCC(CC[Si](OC)(OC)OC)Nc1ccccc1. The molecule has 0 saturated heterocycles. The molecular formula is C14H25NO3Si. The van der Waals surface area contributed by atoms with Crippen molar-refractivity contribution in [3.63, 3.8) is 0 Å². The monoisotopic (exact) mass is 283 g/mol. The molecule has 0 bridgehead atoms. The summed E-state index contributed by atoms with van der Waals surface area (Å²) in [6.07, 6.45) is 2.02. The molecule has 0 spiro atoms. The molecule has 0 aliphatic rings. The van der Waals surface area contributed by atoms with Crippen LogP contribution in [0, 0.1) is 0 Å². The summed E-state index contributed by atoms with van der Waals surface area (Å²) in [7, 11) is 2.52. The molecule has 1 N–H and O–H groups in total. The lowest BCUT2D eigenvalue weighted by Gasteiger charge is -2.27.